The van der Waals surface area contributed by atoms with Gasteiger partial charge in [0.05, 0.1) is 0 Å². The largest absolute Gasteiger partial charge is 0.514 e. The second-order valence-corrected chi connectivity index (χ2v) is 4.97. The molecule has 0 N–H and O–H groups in total. The van der Waals surface area contributed by atoms with Gasteiger partial charge in [-0.15, -0.1) is 0 Å². The number of benzene rings is 2. The highest BCUT2D eigenvalue weighted by molar-refractivity contribution is 5.75. The molecule has 0 saturated carbocycles. The fourth-order valence-electron chi connectivity index (χ4n) is 1.89. The maximum atomic E-state index is 11.6. The van der Waals surface area contributed by atoms with Crippen LogP contribution in [0.5, 0.6) is 5.75 Å². The molecule has 22 heavy (non-hydrogen) atoms. The Balaban J connectivity index is 1.80. The third-order valence-electron chi connectivity index (χ3n) is 3.09. The van der Waals surface area contributed by atoms with Gasteiger partial charge in [-0.25, -0.2) is 4.79 Å². The van der Waals surface area contributed by atoms with Gasteiger partial charge in [-0.3, -0.25) is 0 Å². The van der Waals surface area contributed by atoms with Crippen molar-refractivity contribution in [2.24, 2.45) is 0 Å². The average Bonchev–Trinajstić information content (AvgIpc) is 2.53. The molecule has 0 heterocycles. The quantitative estimate of drug-likeness (QED) is 0.599. The molecular formula is C18H18O4. The molecule has 4 nitrogen and oxygen atoms in total. The molecule has 0 aromatic heterocycles. The lowest BCUT2D eigenvalue weighted by molar-refractivity contribution is -0.116. The molecule has 0 aliphatic carbocycles. The van der Waals surface area contributed by atoms with Gasteiger partial charge >= 0.3 is 6.16 Å². The van der Waals surface area contributed by atoms with Crippen molar-refractivity contribution >= 4 is 11.9 Å². The molecule has 0 radical (unpaired) electrons. The topological polar surface area (TPSA) is 52.6 Å². The van der Waals surface area contributed by atoms with E-state index in [1.54, 1.807) is 19.1 Å². The van der Waals surface area contributed by atoms with Crippen LogP contribution in [-0.2, 0) is 22.6 Å². The van der Waals surface area contributed by atoms with Crippen LogP contribution in [0.4, 0.5) is 4.79 Å². The number of rotatable bonds is 6. The Kier molecular flexibility index (Phi) is 5.72. The second kappa shape index (κ2) is 7.98. The van der Waals surface area contributed by atoms with E-state index in [-0.39, 0.29) is 12.4 Å². The first-order valence-electron chi connectivity index (χ1n) is 7.10. The van der Waals surface area contributed by atoms with Crippen LogP contribution < -0.4 is 4.74 Å². The number of hydrogen-bond donors (Lipinski definition) is 0. The number of carbonyl (C=O) groups is 2. The Bertz CT molecular complexity index is 617. The molecule has 114 valence electrons. The van der Waals surface area contributed by atoms with Gasteiger partial charge in [0.1, 0.15) is 18.1 Å². The van der Waals surface area contributed by atoms with Gasteiger partial charge in [0.15, 0.2) is 0 Å². The molecule has 0 aliphatic rings. The minimum absolute atomic E-state index is 0.157. The lowest BCUT2D eigenvalue weighted by Gasteiger charge is -2.06. The summed E-state index contributed by atoms with van der Waals surface area (Å²) in [7, 11) is 0. The molecule has 0 saturated heterocycles. The molecule has 4 heteroatoms. The Morgan fingerprint density at radius 3 is 2.23 bits per heavy atom. The maximum absolute atomic E-state index is 11.6. The summed E-state index contributed by atoms with van der Waals surface area (Å²) in [6.07, 6.45) is 0.466. The first kappa shape index (κ1) is 15.8. The number of aryl methyl sites for hydroxylation is 1. The van der Waals surface area contributed by atoms with Gasteiger partial charge in [0.2, 0.25) is 0 Å². The molecule has 0 bridgehead atoms. The predicted octanol–water partition coefficient (Wildman–Crippen LogP) is 3.92. The summed E-state index contributed by atoms with van der Waals surface area (Å²) < 4.78 is 10.1. The van der Waals surface area contributed by atoms with Crippen molar-refractivity contribution in [3.05, 3.63) is 65.7 Å². The lowest BCUT2D eigenvalue weighted by atomic mass is 10.1. The van der Waals surface area contributed by atoms with Crippen LogP contribution in [0.1, 0.15) is 24.5 Å². The highest BCUT2D eigenvalue weighted by Gasteiger charge is 2.06. The van der Waals surface area contributed by atoms with Crippen LogP contribution in [0.2, 0.25) is 0 Å². The molecular weight excluding hydrogens is 280 g/mol. The summed E-state index contributed by atoms with van der Waals surface area (Å²) in [5.41, 5.74) is 1.93. The summed E-state index contributed by atoms with van der Waals surface area (Å²) in [5.74, 6) is 0.578. The van der Waals surface area contributed by atoms with Gasteiger partial charge < -0.3 is 14.3 Å². The average molecular weight is 298 g/mol. The fraction of sp³-hybridized carbons (Fsp3) is 0.222. The highest BCUT2D eigenvalue weighted by Crippen LogP contribution is 2.14. The SMILES string of the molecule is CC(=O)CCc1ccc(OC(=O)OCc2ccccc2)cc1. The number of Topliss-reactive ketones (excluding diaryl/α,β-unsaturated/α-hetero) is 1. The van der Waals surface area contributed by atoms with Gasteiger partial charge in [0.25, 0.3) is 0 Å². The minimum Gasteiger partial charge on any atom is -0.429 e. The van der Waals surface area contributed by atoms with E-state index in [2.05, 4.69) is 0 Å². The molecule has 0 aliphatic heterocycles. The summed E-state index contributed by atoms with van der Waals surface area (Å²) >= 11 is 0. The Hall–Kier alpha value is -2.62. The molecule has 0 fully saturated rings. The van der Waals surface area contributed by atoms with Crippen molar-refractivity contribution in [3.8, 4) is 5.75 Å². The highest BCUT2D eigenvalue weighted by atomic mass is 16.7. The first-order valence-corrected chi connectivity index (χ1v) is 7.10. The molecule has 0 unspecified atom stereocenters. The van der Waals surface area contributed by atoms with Crippen LogP contribution in [-0.4, -0.2) is 11.9 Å². The maximum Gasteiger partial charge on any atom is 0.514 e. The van der Waals surface area contributed by atoms with Crippen molar-refractivity contribution < 1.29 is 19.1 Å². The van der Waals surface area contributed by atoms with Crippen molar-refractivity contribution in [2.45, 2.75) is 26.4 Å². The van der Waals surface area contributed by atoms with E-state index in [0.717, 1.165) is 11.1 Å². The van der Waals surface area contributed by atoms with E-state index in [1.165, 1.54) is 0 Å². The van der Waals surface area contributed by atoms with Crippen LogP contribution in [0.25, 0.3) is 0 Å². The predicted molar refractivity (Wildman–Crippen MR) is 82.7 cm³/mol. The lowest BCUT2D eigenvalue weighted by Crippen LogP contribution is -2.10. The molecule has 0 atom stereocenters. The van der Waals surface area contributed by atoms with E-state index in [1.807, 2.05) is 42.5 Å². The van der Waals surface area contributed by atoms with Crippen LogP contribution in [0.3, 0.4) is 0 Å². The summed E-state index contributed by atoms with van der Waals surface area (Å²) in [6, 6.07) is 16.5. The Labute approximate surface area is 129 Å². The molecule has 0 spiro atoms. The fourth-order valence-corrected chi connectivity index (χ4v) is 1.89. The van der Waals surface area contributed by atoms with E-state index < -0.39 is 6.16 Å². The molecule has 2 aromatic carbocycles. The Morgan fingerprint density at radius 2 is 1.59 bits per heavy atom. The number of ether oxygens (including phenoxy) is 2. The molecule has 0 amide bonds. The summed E-state index contributed by atoms with van der Waals surface area (Å²) in [4.78, 5) is 22.5. The third-order valence-corrected chi connectivity index (χ3v) is 3.09. The van der Waals surface area contributed by atoms with Gasteiger partial charge in [-0.2, -0.15) is 0 Å². The number of ketones is 1. The van der Waals surface area contributed by atoms with E-state index in [9.17, 15) is 9.59 Å². The van der Waals surface area contributed by atoms with Crippen LogP contribution >= 0.6 is 0 Å². The third kappa shape index (κ3) is 5.40. The van der Waals surface area contributed by atoms with E-state index in [0.29, 0.717) is 18.6 Å². The van der Waals surface area contributed by atoms with Gasteiger partial charge in [0, 0.05) is 6.42 Å². The van der Waals surface area contributed by atoms with Crippen molar-refractivity contribution in [3.63, 3.8) is 0 Å². The van der Waals surface area contributed by atoms with Crippen molar-refractivity contribution in [2.75, 3.05) is 0 Å². The normalized spacial score (nSPS) is 10.0. The summed E-state index contributed by atoms with van der Waals surface area (Å²) in [6.45, 7) is 1.75. The minimum atomic E-state index is -0.736. The van der Waals surface area contributed by atoms with E-state index in [4.69, 9.17) is 9.47 Å². The second-order valence-electron chi connectivity index (χ2n) is 4.97. The Morgan fingerprint density at radius 1 is 0.909 bits per heavy atom. The van der Waals surface area contributed by atoms with Crippen LogP contribution in [0, 0.1) is 0 Å². The van der Waals surface area contributed by atoms with Gasteiger partial charge in [-0.1, -0.05) is 42.5 Å². The number of carbonyl (C=O) groups excluding carboxylic acids is 2. The molecule has 2 aromatic rings. The van der Waals surface area contributed by atoms with Crippen molar-refractivity contribution in [1.29, 1.82) is 0 Å². The monoisotopic (exact) mass is 298 g/mol. The first-order chi connectivity index (χ1) is 10.6. The smallest absolute Gasteiger partial charge is 0.429 e. The zero-order valence-electron chi connectivity index (χ0n) is 12.5. The zero-order valence-corrected chi connectivity index (χ0v) is 12.5. The zero-order chi connectivity index (χ0) is 15.8. The van der Waals surface area contributed by atoms with Crippen molar-refractivity contribution in [1.82, 2.24) is 0 Å². The number of hydrogen-bond acceptors (Lipinski definition) is 4. The van der Waals surface area contributed by atoms with Gasteiger partial charge in [-0.05, 0) is 36.6 Å². The van der Waals surface area contributed by atoms with E-state index >= 15 is 0 Å². The molecule has 2 rings (SSSR count). The summed E-state index contributed by atoms with van der Waals surface area (Å²) in [5, 5.41) is 0. The standard InChI is InChI=1S/C18H18O4/c1-14(19)7-8-15-9-11-17(12-10-15)22-18(20)21-13-16-5-3-2-4-6-16/h2-6,9-12H,7-8,13H2,1H3. The van der Waals surface area contributed by atoms with Crippen LogP contribution in [0.15, 0.2) is 54.6 Å².